The number of carbonyl (C=O) groups is 1. The lowest BCUT2D eigenvalue weighted by molar-refractivity contribution is 0.0331. The number of para-hydroxylation sites is 1. The van der Waals surface area contributed by atoms with Crippen LogP contribution in [0.3, 0.4) is 0 Å². The van der Waals surface area contributed by atoms with Crippen LogP contribution in [0.1, 0.15) is 27.7 Å². The minimum absolute atomic E-state index is 0.107. The fourth-order valence-corrected chi connectivity index (χ4v) is 3.40. The van der Waals surface area contributed by atoms with E-state index in [1.165, 1.54) is 5.56 Å². The SMILES string of the molecule is Cc1ccc([C@H](CN2CCOCC2)NC(=O)c2cc3ccccc3o2)cc1. The Kier molecular flexibility index (Phi) is 5.23. The smallest absolute Gasteiger partial charge is 0.287 e. The van der Waals surface area contributed by atoms with Gasteiger partial charge in [0.05, 0.1) is 19.3 Å². The number of hydrogen-bond acceptors (Lipinski definition) is 4. The first-order valence-corrected chi connectivity index (χ1v) is 9.35. The molecule has 1 aromatic heterocycles. The number of morpholine rings is 1. The van der Waals surface area contributed by atoms with E-state index in [-0.39, 0.29) is 11.9 Å². The molecule has 5 nitrogen and oxygen atoms in total. The Hall–Kier alpha value is -2.63. The average Bonchev–Trinajstić information content (AvgIpc) is 3.13. The van der Waals surface area contributed by atoms with Crippen LogP contribution in [0.4, 0.5) is 0 Å². The predicted molar refractivity (Wildman–Crippen MR) is 105 cm³/mol. The summed E-state index contributed by atoms with van der Waals surface area (Å²) in [5, 5.41) is 4.10. The number of furan rings is 1. The van der Waals surface area contributed by atoms with Gasteiger partial charge in [0.1, 0.15) is 5.58 Å². The Labute approximate surface area is 158 Å². The molecule has 0 radical (unpaired) electrons. The number of hydrogen-bond donors (Lipinski definition) is 1. The van der Waals surface area contributed by atoms with Gasteiger partial charge in [-0.2, -0.15) is 0 Å². The molecule has 1 aliphatic heterocycles. The molecule has 2 aromatic carbocycles. The average molecular weight is 364 g/mol. The molecule has 1 amide bonds. The summed E-state index contributed by atoms with van der Waals surface area (Å²) < 4.78 is 11.2. The van der Waals surface area contributed by atoms with Gasteiger partial charge in [0, 0.05) is 25.0 Å². The van der Waals surface area contributed by atoms with Crippen LogP contribution in [0.25, 0.3) is 11.0 Å². The molecule has 140 valence electrons. The molecule has 0 aliphatic carbocycles. The Morgan fingerprint density at radius 2 is 1.85 bits per heavy atom. The zero-order valence-corrected chi connectivity index (χ0v) is 15.5. The van der Waals surface area contributed by atoms with Crippen LogP contribution >= 0.6 is 0 Å². The molecular weight excluding hydrogens is 340 g/mol. The first-order chi connectivity index (χ1) is 13.2. The molecule has 0 bridgehead atoms. The number of carbonyl (C=O) groups excluding carboxylic acids is 1. The molecule has 1 atom stereocenters. The van der Waals surface area contributed by atoms with E-state index in [0.29, 0.717) is 5.76 Å². The van der Waals surface area contributed by atoms with Crippen LogP contribution in [-0.2, 0) is 4.74 Å². The number of ether oxygens (including phenoxy) is 1. The monoisotopic (exact) mass is 364 g/mol. The van der Waals surface area contributed by atoms with Crippen LogP contribution in [-0.4, -0.2) is 43.7 Å². The van der Waals surface area contributed by atoms with Gasteiger partial charge in [0.15, 0.2) is 5.76 Å². The highest BCUT2D eigenvalue weighted by Crippen LogP contribution is 2.21. The summed E-state index contributed by atoms with van der Waals surface area (Å²) >= 11 is 0. The minimum atomic E-state index is -0.190. The standard InChI is InChI=1S/C22H24N2O3/c1-16-6-8-17(9-7-16)19(15-24-10-12-26-13-11-24)23-22(25)21-14-18-4-2-3-5-20(18)27-21/h2-9,14,19H,10-13,15H2,1H3,(H,23,25)/t19-/m0/s1. The van der Waals surface area contributed by atoms with Crippen molar-refractivity contribution in [1.82, 2.24) is 10.2 Å². The van der Waals surface area contributed by atoms with Crippen molar-refractivity contribution in [2.75, 3.05) is 32.8 Å². The van der Waals surface area contributed by atoms with Crippen molar-refractivity contribution in [3.63, 3.8) is 0 Å². The second-order valence-corrected chi connectivity index (χ2v) is 7.00. The zero-order valence-electron chi connectivity index (χ0n) is 15.5. The van der Waals surface area contributed by atoms with Gasteiger partial charge >= 0.3 is 0 Å². The highest BCUT2D eigenvalue weighted by atomic mass is 16.5. The summed E-state index contributed by atoms with van der Waals surface area (Å²) in [5.74, 6) is 0.153. The second kappa shape index (κ2) is 7.94. The molecule has 1 fully saturated rings. The van der Waals surface area contributed by atoms with Crippen molar-refractivity contribution >= 4 is 16.9 Å². The van der Waals surface area contributed by atoms with Crippen molar-refractivity contribution in [1.29, 1.82) is 0 Å². The topological polar surface area (TPSA) is 54.7 Å². The number of nitrogens with zero attached hydrogens (tertiary/aromatic N) is 1. The van der Waals surface area contributed by atoms with E-state index < -0.39 is 0 Å². The molecule has 3 aromatic rings. The largest absolute Gasteiger partial charge is 0.451 e. The van der Waals surface area contributed by atoms with Gasteiger partial charge in [-0.3, -0.25) is 9.69 Å². The van der Waals surface area contributed by atoms with Crippen molar-refractivity contribution in [2.45, 2.75) is 13.0 Å². The second-order valence-electron chi connectivity index (χ2n) is 7.00. The number of benzene rings is 2. The van der Waals surface area contributed by atoms with E-state index in [9.17, 15) is 4.79 Å². The summed E-state index contributed by atoms with van der Waals surface area (Å²) in [7, 11) is 0. The quantitative estimate of drug-likeness (QED) is 0.752. The number of rotatable bonds is 5. The maximum Gasteiger partial charge on any atom is 0.287 e. The van der Waals surface area contributed by atoms with E-state index in [1.807, 2.05) is 24.3 Å². The van der Waals surface area contributed by atoms with Gasteiger partial charge in [0.2, 0.25) is 0 Å². The molecule has 4 rings (SSSR count). The van der Waals surface area contributed by atoms with Crippen molar-refractivity contribution < 1.29 is 13.9 Å². The molecule has 0 spiro atoms. The lowest BCUT2D eigenvalue weighted by atomic mass is 10.0. The highest BCUT2D eigenvalue weighted by Gasteiger charge is 2.22. The van der Waals surface area contributed by atoms with Gasteiger partial charge < -0.3 is 14.5 Å². The third kappa shape index (κ3) is 4.21. The minimum Gasteiger partial charge on any atom is -0.451 e. The van der Waals surface area contributed by atoms with Crippen molar-refractivity contribution in [2.24, 2.45) is 0 Å². The summed E-state index contributed by atoms with van der Waals surface area (Å²) in [4.78, 5) is 15.2. The molecule has 1 N–H and O–H groups in total. The van der Waals surface area contributed by atoms with Gasteiger partial charge in [0.25, 0.3) is 5.91 Å². The van der Waals surface area contributed by atoms with Gasteiger partial charge in [-0.25, -0.2) is 0 Å². The zero-order chi connectivity index (χ0) is 18.6. The molecule has 2 heterocycles. The number of fused-ring (bicyclic) bond motifs is 1. The van der Waals surface area contributed by atoms with Gasteiger partial charge in [-0.15, -0.1) is 0 Å². The Morgan fingerprint density at radius 3 is 2.59 bits per heavy atom. The summed E-state index contributed by atoms with van der Waals surface area (Å²) in [6, 6.07) is 17.7. The molecule has 1 saturated heterocycles. The number of nitrogens with one attached hydrogen (secondary N) is 1. The molecule has 0 unspecified atom stereocenters. The van der Waals surface area contributed by atoms with E-state index in [0.717, 1.165) is 49.4 Å². The van der Waals surface area contributed by atoms with E-state index >= 15 is 0 Å². The van der Waals surface area contributed by atoms with Crippen LogP contribution < -0.4 is 5.32 Å². The van der Waals surface area contributed by atoms with E-state index in [1.54, 1.807) is 6.07 Å². The van der Waals surface area contributed by atoms with Crippen LogP contribution in [0.2, 0.25) is 0 Å². The first kappa shape index (κ1) is 17.8. The molecule has 27 heavy (non-hydrogen) atoms. The lowest BCUT2D eigenvalue weighted by Crippen LogP contribution is -2.43. The van der Waals surface area contributed by atoms with Crippen LogP contribution in [0, 0.1) is 6.92 Å². The fourth-order valence-electron chi connectivity index (χ4n) is 3.40. The molecule has 0 saturated carbocycles. The Bertz CT molecular complexity index is 878. The van der Waals surface area contributed by atoms with Crippen LogP contribution in [0.15, 0.2) is 59.0 Å². The summed E-state index contributed by atoms with van der Waals surface area (Å²) in [6.45, 7) is 6.04. The molecular formula is C22H24N2O3. The first-order valence-electron chi connectivity index (χ1n) is 9.35. The van der Waals surface area contributed by atoms with E-state index in [2.05, 4.69) is 41.4 Å². The number of amides is 1. The maximum absolute atomic E-state index is 12.9. The third-order valence-corrected chi connectivity index (χ3v) is 4.98. The Morgan fingerprint density at radius 1 is 1.11 bits per heavy atom. The predicted octanol–water partition coefficient (Wildman–Crippen LogP) is 3.54. The highest BCUT2D eigenvalue weighted by molar-refractivity contribution is 5.96. The maximum atomic E-state index is 12.9. The number of aryl methyl sites for hydroxylation is 1. The Balaban J connectivity index is 1.55. The van der Waals surface area contributed by atoms with Crippen LogP contribution in [0.5, 0.6) is 0 Å². The van der Waals surface area contributed by atoms with E-state index in [4.69, 9.17) is 9.15 Å². The normalized spacial score (nSPS) is 16.3. The van der Waals surface area contributed by atoms with Gasteiger partial charge in [-0.1, -0.05) is 48.0 Å². The molecule has 5 heteroatoms. The fraction of sp³-hybridized carbons (Fsp3) is 0.318. The third-order valence-electron chi connectivity index (χ3n) is 4.98. The lowest BCUT2D eigenvalue weighted by Gasteiger charge is -2.31. The van der Waals surface area contributed by atoms with Crippen molar-refractivity contribution in [3.05, 3.63) is 71.5 Å². The summed E-state index contributed by atoms with van der Waals surface area (Å²) in [5.41, 5.74) is 3.02. The summed E-state index contributed by atoms with van der Waals surface area (Å²) in [6.07, 6.45) is 0. The van der Waals surface area contributed by atoms with Crippen molar-refractivity contribution in [3.8, 4) is 0 Å². The van der Waals surface area contributed by atoms with Gasteiger partial charge in [-0.05, 0) is 24.6 Å². The molecule has 1 aliphatic rings.